The Hall–Kier alpha value is -6.43. The maximum absolute atomic E-state index is 4.94. The molecular formula is C45H28N4S. The minimum absolute atomic E-state index is 0.645. The van der Waals surface area contributed by atoms with Crippen molar-refractivity contribution in [1.29, 1.82) is 0 Å². The number of hydrogen-bond donors (Lipinski definition) is 0. The zero-order valence-electron chi connectivity index (χ0n) is 26.9. The van der Waals surface area contributed by atoms with E-state index in [0.717, 1.165) is 22.4 Å². The highest BCUT2D eigenvalue weighted by Crippen LogP contribution is 2.42. The molecule has 0 radical (unpaired) electrons. The topological polar surface area (TPSA) is 43.6 Å². The normalized spacial score (nSPS) is 11.6. The number of aromatic nitrogens is 4. The molecule has 10 rings (SSSR count). The Labute approximate surface area is 292 Å². The standard InChI is InChI=1S/C45H28N4S/c1-3-12-29(13-4-1)43-46-44(30-14-5-2-6-15-30)48-45(47-43)31-22-25-33(26-23-31)49-39-20-9-7-16-35(39)38-28-32(24-27-40(38)49)34-18-11-19-37-36-17-8-10-21-41(36)50-42(34)37/h1-28H. The highest BCUT2D eigenvalue weighted by Gasteiger charge is 2.17. The zero-order valence-corrected chi connectivity index (χ0v) is 27.7. The van der Waals surface area contributed by atoms with Crippen LogP contribution in [0.3, 0.4) is 0 Å². The van der Waals surface area contributed by atoms with Crippen LogP contribution < -0.4 is 0 Å². The average molecular weight is 657 g/mol. The second kappa shape index (κ2) is 11.6. The summed E-state index contributed by atoms with van der Waals surface area (Å²) >= 11 is 1.87. The van der Waals surface area contributed by atoms with Crippen LogP contribution in [0.1, 0.15) is 0 Å². The van der Waals surface area contributed by atoms with E-state index in [4.69, 9.17) is 15.0 Å². The van der Waals surface area contributed by atoms with E-state index in [9.17, 15) is 0 Å². The van der Waals surface area contributed by atoms with E-state index < -0.39 is 0 Å². The molecule has 0 aliphatic rings. The lowest BCUT2D eigenvalue weighted by molar-refractivity contribution is 1.07. The van der Waals surface area contributed by atoms with Gasteiger partial charge in [-0.05, 0) is 59.7 Å². The molecule has 0 atom stereocenters. The summed E-state index contributed by atoms with van der Waals surface area (Å²) in [6.45, 7) is 0. The van der Waals surface area contributed by atoms with Crippen molar-refractivity contribution in [1.82, 2.24) is 19.5 Å². The average Bonchev–Trinajstić information content (AvgIpc) is 3.74. The Kier molecular flexibility index (Phi) is 6.64. The Morgan fingerprint density at radius 2 is 0.920 bits per heavy atom. The first-order chi connectivity index (χ1) is 24.8. The van der Waals surface area contributed by atoms with E-state index in [2.05, 4.69) is 114 Å². The number of rotatable bonds is 5. The van der Waals surface area contributed by atoms with Gasteiger partial charge in [0.2, 0.25) is 0 Å². The molecule has 7 aromatic carbocycles. The molecule has 234 valence electrons. The molecule has 10 aromatic rings. The molecule has 0 amide bonds. The molecule has 0 aliphatic carbocycles. The zero-order chi connectivity index (χ0) is 33.0. The molecule has 3 aromatic heterocycles. The molecule has 0 N–H and O–H groups in total. The fourth-order valence-electron chi connectivity index (χ4n) is 7.09. The fraction of sp³-hybridized carbons (Fsp3) is 0. The van der Waals surface area contributed by atoms with Gasteiger partial charge in [0.05, 0.1) is 11.0 Å². The van der Waals surface area contributed by atoms with Crippen molar-refractivity contribution in [2.75, 3.05) is 0 Å². The Morgan fingerprint density at radius 3 is 1.62 bits per heavy atom. The molecule has 4 nitrogen and oxygen atoms in total. The Balaban J connectivity index is 1.09. The van der Waals surface area contributed by atoms with Gasteiger partial charge in [0, 0.05) is 53.3 Å². The van der Waals surface area contributed by atoms with Gasteiger partial charge in [-0.1, -0.05) is 121 Å². The molecule has 5 heteroatoms. The highest BCUT2D eigenvalue weighted by atomic mass is 32.1. The van der Waals surface area contributed by atoms with Gasteiger partial charge in [-0.25, -0.2) is 15.0 Å². The number of hydrogen-bond acceptors (Lipinski definition) is 4. The van der Waals surface area contributed by atoms with Crippen LogP contribution in [-0.2, 0) is 0 Å². The van der Waals surface area contributed by atoms with Crippen LogP contribution >= 0.6 is 11.3 Å². The monoisotopic (exact) mass is 656 g/mol. The molecule has 3 heterocycles. The highest BCUT2D eigenvalue weighted by molar-refractivity contribution is 7.26. The van der Waals surface area contributed by atoms with Crippen molar-refractivity contribution in [2.45, 2.75) is 0 Å². The third-order valence-electron chi connectivity index (χ3n) is 9.47. The molecule has 0 unspecified atom stereocenters. The lowest BCUT2D eigenvalue weighted by Crippen LogP contribution is -2.00. The van der Waals surface area contributed by atoms with Crippen molar-refractivity contribution >= 4 is 53.3 Å². The molecular weight excluding hydrogens is 629 g/mol. The number of para-hydroxylation sites is 1. The number of fused-ring (bicyclic) bond motifs is 6. The Bertz CT molecular complexity index is 2800. The predicted molar refractivity (Wildman–Crippen MR) is 209 cm³/mol. The van der Waals surface area contributed by atoms with Crippen LogP contribution in [0.25, 0.3) is 93.0 Å². The second-order valence-corrected chi connectivity index (χ2v) is 13.5. The number of benzene rings is 7. The third kappa shape index (κ3) is 4.71. The van der Waals surface area contributed by atoms with Crippen LogP contribution in [0.15, 0.2) is 170 Å². The quantitative estimate of drug-likeness (QED) is 0.185. The summed E-state index contributed by atoms with van der Waals surface area (Å²) in [6, 6.07) is 59.7. The summed E-state index contributed by atoms with van der Waals surface area (Å²) in [5.74, 6) is 1.96. The second-order valence-electron chi connectivity index (χ2n) is 12.5. The first-order valence-electron chi connectivity index (χ1n) is 16.7. The van der Waals surface area contributed by atoms with Gasteiger partial charge in [-0.15, -0.1) is 11.3 Å². The number of nitrogens with zero attached hydrogens (tertiary/aromatic N) is 4. The largest absolute Gasteiger partial charge is 0.309 e. The van der Waals surface area contributed by atoms with E-state index in [1.807, 2.05) is 72.0 Å². The van der Waals surface area contributed by atoms with Crippen LogP contribution in [0.4, 0.5) is 0 Å². The van der Waals surface area contributed by atoms with E-state index in [1.165, 1.54) is 53.1 Å². The maximum Gasteiger partial charge on any atom is 0.164 e. The van der Waals surface area contributed by atoms with Gasteiger partial charge < -0.3 is 4.57 Å². The van der Waals surface area contributed by atoms with Crippen LogP contribution in [0, 0.1) is 0 Å². The van der Waals surface area contributed by atoms with Crippen molar-refractivity contribution in [2.24, 2.45) is 0 Å². The summed E-state index contributed by atoms with van der Waals surface area (Å²) in [5, 5.41) is 5.10. The molecule has 0 aliphatic heterocycles. The van der Waals surface area contributed by atoms with Gasteiger partial charge in [-0.3, -0.25) is 0 Å². The molecule has 0 bridgehead atoms. The minimum Gasteiger partial charge on any atom is -0.309 e. The summed E-state index contributed by atoms with van der Waals surface area (Å²) in [6.07, 6.45) is 0. The van der Waals surface area contributed by atoms with E-state index >= 15 is 0 Å². The van der Waals surface area contributed by atoms with Gasteiger partial charge in [0.25, 0.3) is 0 Å². The smallest absolute Gasteiger partial charge is 0.164 e. The third-order valence-corrected chi connectivity index (χ3v) is 10.7. The van der Waals surface area contributed by atoms with E-state index in [0.29, 0.717) is 17.5 Å². The van der Waals surface area contributed by atoms with Gasteiger partial charge in [0.1, 0.15) is 0 Å². The Morgan fingerprint density at radius 1 is 0.380 bits per heavy atom. The van der Waals surface area contributed by atoms with Crippen molar-refractivity contribution in [3.63, 3.8) is 0 Å². The predicted octanol–water partition coefficient (Wildman–Crippen LogP) is 12.0. The molecule has 0 fully saturated rings. The summed E-state index contributed by atoms with van der Waals surface area (Å²) in [4.78, 5) is 14.7. The van der Waals surface area contributed by atoms with Gasteiger partial charge >= 0.3 is 0 Å². The van der Waals surface area contributed by atoms with Crippen LogP contribution in [0.2, 0.25) is 0 Å². The van der Waals surface area contributed by atoms with E-state index in [-0.39, 0.29) is 0 Å². The lowest BCUT2D eigenvalue weighted by atomic mass is 10.0. The van der Waals surface area contributed by atoms with Crippen LogP contribution in [0.5, 0.6) is 0 Å². The molecule has 0 spiro atoms. The van der Waals surface area contributed by atoms with Crippen LogP contribution in [-0.4, -0.2) is 19.5 Å². The SMILES string of the molecule is c1ccc(-c2nc(-c3ccccc3)nc(-c3ccc(-n4c5ccccc5c5cc(-c6cccc7c6sc6ccccc67)ccc54)cc3)n2)cc1. The van der Waals surface area contributed by atoms with Crippen molar-refractivity contribution in [3.8, 4) is 51.0 Å². The summed E-state index contributed by atoms with van der Waals surface area (Å²) in [7, 11) is 0. The van der Waals surface area contributed by atoms with E-state index in [1.54, 1.807) is 0 Å². The van der Waals surface area contributed by atoms with Crippen molar-refractivity contribution in [3.05, 3.63) is 170 Å². The van der Waals surface area contributed by atoms with Gasteiger partial charge in [-0.2, -0.15) is 0 Å². The molecule has 50 heavy (non-hydrogen) atoms. The maximum atomic E-state index is 4.94. The first kappa shape index (κ1) is 28.6. The fourth-order valence-corrected chi connectivity index (χ4v) is 8.33. The first-order valence-corrected chi connectivity index (χ1v) is 17.5. The van der Waals surface area contributed by atoms with Crippen molar-refractivity contribution < 1.29 is 0 Å². The summed E-state index contributed by atoms with van der Waals surface area (Å²) < 4.78 is 5.01. The molecule has 0 saturated heterocycles. The lowest BCUT2D eigenvalue weighted by Gasteiger charge is -2.11. The number of thiophene rings is 1. The minimum atomic E-state index is 0.645. The molecule has 0 saturated carbocycles. The van der Waals surface area contributed by atoms with Gasteiger partial charge in [0.15, 0.2) is 17.5 Å². The summed E-state index contributed by atoms with van der Waals surface area (Å²) in [5.41, 5.74) is 8.77.